The molecule has 0 aliphatic heterocycles. The number of rotatable bonds is 75. The number of aliphatic hydroxyl groups excluding tert-OH is 2. The normalized spacial score (nSPS) is 14.5. The van der Waals surface area contributed by atoms with Crippen LogP contribution < -0.4 is 0 Å². The quantitative estimate of drug-likeness (QED) is 0.0146. The Morgan fingerprint density at radius 2 is 0.505 bits per heavy atom. The first kappa shape index (κ1) is 95.5. The second-order valence-corrected chi connectivity index (χ2v) is 29.4. The third-order valence-electron chi connectivity index (χ3n) is 16.8. The summed E-state index contributed by atoms with van der Waals surface area (Å²) in [6.45, 7) is 2.63. The molecule has 0 saturated carbocycles. The summed E-state index contributed by atoms with van der Waals surface area (Å²) in [5.41, 5.74) is 0. The molecule has 5 unspecified atom stereocenters. The van der Waals surface area contributed by atoms with E-state index in [4.69, 9.17) is 32.3 Å². The van der Waals surface area contributed by atoms with Crippen molar-refractivity contribution in [2.24, 2.45) is 0 Å². The lowest BCUT2D eigenvalue weighted by atomic mass is 10.0. The fourth-order valence-corrected chi connectivity index (χ4v) is 12.3. The predicted octanol–water partition coefficient (Wildman–Crippen LogP) is 23.0. The maximum absolute atomic E-state index is 12.9. The highest BCUT2D eigenvalue weighted by atomic mass is 31.2. The Morgan fingerprint density at radius 3 is 0.818 bits per heavy atom. The minimum absolute atomic E-state index is 0.103. The third-order valence-corrected chi connectivity index (χ3v) is 18.7. The highest BCUT2D eigenvalue weighted by Crippen LogP contribution is 2.45. The average Bonchev–Trinajstić information content (AvgIpc) is 1.36. The fraction of sp³-hybridized carbons (Fsp3) is 0.765. The highest BCUT2D eigenvalue weighted by molar-refractivity contribution is 7.47. The summed E-state index contributed by atoms with van der Waals surface area (Å²) < 4.78 is 61.1. The van der Waals surface area contributed by atoms with Gasteiger partial charge in [-0.15, -0.1) is 0 Å². The standard InChI is InChI=1S/C81H144O16P2/c1-4-7-10-13-16-19-22-25-27-29-31-33-34-35-36-37-38-39-40-42-44-45-47-50-52-55-58-61-64-67-79(84)91-70-76(82)71-93-98(87,88)94-72-77(83)73-95-99(89,90)96-75-78(97-81(86)69-66-63-60-57-54-49-24-21-18-15-12-9-6-3)74-92-80(85)68-65-62-59-56-53-51-48-46-43-41-32-30-28-26-23-20-17-14-11-8-5-2/h16-17,19-20,25-28,31-33,35-36,41,46,48,76-78,82-83H,4-15,18,21-24,29-30,34,37-40,42-45,47,49-75H2,1-3H3,(H,87,88)(H,89,90)/b19-16-,20-17-,27-25-,28-26-,33-31-,36-35-,41-32-,48-46-. The molecule has 0 aromatic carbocycles. The molecule has 0 fully saturated rings. The zero-order valence-electron chi connectivity index (χ0n) is 62.6. The summed E-state index contributed by atoms with van der Waals surface area (Å²) in [5, 5.41) is 20.6. The Labute approximate surface area is 603 Å². The number of carbonyl (C=O) groups is 3. The number of phosphoric acid groups is 2. The van der Waals surface area contributed by atoms with E-state index in [0.717, 1.165) is 122 Å². The van der Waals surface area contributed by atoms with E-state index < -0.39 is 91.5 Å². The first-order valence-corrected chi connectivity index (χ1v) is 42.5. The van der Waals surface area contributed by atoms with Crippen LogP contribution in [-0.4, -0.2) is 95.9 Å². The van der Waals surface area contributed by atoms with Gasteiger partial charge < -0.3 is 34.2 Å². The minimum Gasteiger partial charge on any atom is -0.463 e. The first-order chi connectivity index (χ1) is 48.2. The lowest BCUT2D eigenvalue weighted by molar-refractivity contribution is -0.161. The summed E-state index contributed by atoms with van der Waals surface area (Å²) in [4.78, 5) is 58.6. The maximum atomic E-state index is 12.9. The summed E-state index contributed by atoms with van der Waals surface area (Å²) in [5.74, 6) is -1.58. The second-order valence-electron chi connectivity index (χ2n) is 26.5. The second kappa shape index (κ2) is 74.2. The van der Waals surface area contributed by atoms with Crippen LogP contribution in [-0.2, 0) is 55.8 Å². The number of carbonyl (C=O) groups excluding carboxylic acids is 3. The Kier molecular flexibility index (Phi) is 71.6. The van der Waals surface area contributed by atoms with E-state index in [1.165, 1.54) is 161 Å². The highest BCUT2D eigenvalue weighted by Gasteiger charge is 2.29. The summed E-state index contributed by atoms with van der Waals surface area (Å²) in [7, 11) is -9.78. The molecule has 574 valence electrons. The van der Waals surface area contributed by atoms with Gasteiger partial charge in [0.2, 0.25) is 0 Å². The van der Waals surface area contributed by atoms with Gasteiger partial charge >= 0.3 is 33.6 Å². The molecule has 16 nitrogen and oxygen atoms in total. The Bertz CT molecular complexity index is 2190. The van der Waals surface area contributed by atoms with Crippen LogP contribution in [0.3, 0.4) is 0 Å². The number of esters is 3. The molecule has 0 saturated heterocycles. The number of hydrogen-bond acceptors (Lipinski definition) is 14. The van der Waals surface area contributed by atoms with E-state index in [0.29, 0.717) is 19.3 Å². The Hall–Kier alpha value is -3.53. The van der Waals surface area contributed by atoms with E-state index >= 15 is 0 Å². The van der Waals surface area contributed by atoms with Crippen LogP contribution >= 0.6 is 15.6 Å². The van der Waals surface area contributed by atoms with Gasteiger partial charge in [-0.25, -0.2) is 9.13 Å². The molecular weight excluding hydrogens is 1290 g/mol. The predicted molar refractivity (Wildman–Crippen MR) is 408 cm³/mol. The first-order valence-electron chi connectivity index (χ1n) is 39.5. The Balaban J connectivity index is 4.49. The van der Waals surface area contributed by atoms with Gasteiger partial charge in [0.15, 0.2) is 6.10 Å². The lowest BCUT2D eigenvalue weighted by Gasteiger charge is -2.21. The van der Waals surface area contributed by atoms with Crippen molar-refractivity contribution in [3.63, 3.8) is 0 Å². The van der Waals surface area contributed by atoms with Crippen LogP contribution in [0.25, 0.3) is 0 Å². The number of phosphoric ester groups is 2. The van der Waals surface area contributed by atoms with Crippen molar-refractivity contribution in [3.8, 4) is 0 Å². The number of hydrogen-bond donors (Lipinski definition) is 4. The van der Waals surface area contributed by atoms with Crippen molar-refractivity contribution in [3.05, 3.63) is 97.2 Å². The van der Waals surface area contributed by atoms with Crippen LogP contribution in [0.2, 0.25) is 0 Å². The molecule has 18 heteroatoms. The van der Waals surface area contributed by atoms with Crippen molar-refractivity contribution < 1.29 is 75.8 Å². The van der Waals surface area contributed by atoms with Crippen LogP contribution in [0.15, 0.2) is 97.2 Å². The average molecular weight is 1440 g/mol. The SMILES string of the molecule is CCCCC/C=C\C/C=C\C/C=C\C/C=C\CCCCCCCCCCCCCCCC(=O)OCC(O)COP(=O)(O)OCC(O)COP(=O)(O)OCC(COC(=O)CCCCCCC/C=C\C/C=C\C/C=C\C/C=C\CCCCC)OC(=O)CCCCCCCCCCCCCCC. The smallest absolute Gasteiger partial charge is 0.463 e. The van der Waals surface area contributed by atoms with Gasteiger partial charge in [-0.3, -0.25) is 32.5 Å². The molecule has 0 aromatic heterocycles. The molecule has 0 aromatic rings. The van der Waals surface area contributed by atoms with Crippen molar-refractivity contribution >= 4 is 33.6 Å². The van der Waals surface area contributed by atoms with E-state index in [2.05, 4.69) is 118 Å². The Morgan fingerprint density at radius 1 is 0.283 bits per heavy atom. The van der Waals surface area contributed by atoms with Gasteiger partial charge in [0.05, 0.1) is 26.4 Å². The van der Waals surface area contributed by atoms with E-state index in [1.807, 2.05) is 0 Å². The van der Waals surface area contributed by atoms with Gasteiger partial charge in [-0.05, 0) is 109 Å². The fourth-order valence-electron chi connectivity index (χ4n) is 10.7. The molecule has 0 spiro atoms. The molecule has 0 heterocycles. The number of allylic oxidation sites excluding steroid dienone is 16. The zero-order chi connectivity index (χ0) is 72.3. The molecule has 0 radical (unpaired) electrons. The van der Waals surface area contributed by atoms with Gasteiger partial charge in [0.1, 0.15) is 25.4 Å². The molecule has 0 bridgehead atoms. The van der Waals surface area contributed by atoms with Gasteiger partial charge in [-0.1, -0.05) is 311 Å². The zero-order valence-corrected chi connectivity index (χ0v) is 64.4. The molecule has 0 amide bonds. The minimum atomic E-state index is -4.93. The van der Waals surface area contributed by atoms with Crippen LogP contribution in [0.5, 0.6) is 0 Å². The van der Waals surface area contributed by atoms with Crippen molar-refractivity contribution in [1.82, 2.24) is 0 Å². The summed E-state index contributed by atoms with van der Waals surface area (Å²) >= 11 is 0. The number of aliphatic hydroxyl groups is 2. The van der Waals surface area contributed by atoms with Crippen molar-refractivity contribution in [1.29, 1.82) is 0 Å². The van der Waals surface area contributed by atoms with Crippen molar-refractivity contribution in [2.75, 3.05) is 39.6 Å². The molecule has 5 atom stereocenters. The topological polar surface area (TPSA) is 231 Å². The van der Waals surface area contributed by atoms with Crippen LogP contribution in [0, 0.1) is 0 Å². The van der Waals surface area contributed by atoms with E-state index in [9.17, 15) is 43.5 Å². The molecule has 0 aliphatic rings. The lowest BCUT2D eigenvalue weighted by Crippen LogP contribution is -2.30. The van der Waals surface area contributed by atoms with E-state index in [-0.39, 0.29) is 19.3 Å². The largest absolute Gasteiger partial charge is 0.472 e. The molecular formula is C81H144O16P2. The molecule has 0 rings (SSSR count). The number of ether oxygens (including phenoxy) is 3. The van der Waals surface area contributed by atoms with Gasteiger partial charge in [0, 0.05) is 19.3 Å². The monoisotopic (exact) mass is 1430 g/mol. The van der Waals surface area contributed by atoms with E-state index in [1.54, 1.807) is 0 Å². The number of unbranched alkanes of at least 4 members (excludes halogenated alkanes) is 36. The summed E-state index contributed by atoms with van der Waals surface area (Å²) in [6, 6.07) is 0. The van der Waals surface area contributed by atoms with Crippen LogP contribution in [0.4, 0.5) is 0 Å². The van der Waals surface area contributed by atoms with Gasteiger partial charge in [-0.2, -0.15) is 0 Å². The molecule has 99 heavy (non-hydrogen) atoms. The molecule has 0 aliphatic carbocycles. The summed E-state index contributed by atoms with van der Waals surface area (Å²) in [6.07, 6.45) is 84.5. The maximum Gasteiger partial charge on any atom is 0.472 e. The van der Waals surface area contributed by atoms with Crippen LogP contribution in [0.1, 0.15) is 342 Å². The molecule has 4 N–H and O–H groups in total. The van der Waals surface area contributed by atoms with Crippen molar-refractivity contribution in [2.45, 2.75) is 360 Å². The third kappa shape index (κ3) is 75.5. The van der Waals surface area contributed by atoms with Gasteiger partial charge in [0.25, 0.3) is 0 Å².